The third-order valence-electron chi connectivity index (χ3n) is 5.35. The summed E-state index contributed by atoms with van der Waals surface area (Å²) in [7, 11) is 0. The summed E-state index contributed by atoms with van der Waals surface area (Å²) in [5.41, 5.74) is 1.06. The van der Waals surface area contributed by atoms with Crippen LogP contribution in [0.2, 0.25) is 10.0 Å². The zero-order valence-corrected chi connectivity index (χ0v) is 18.8. The van der Waals surface area contributed by atoms with Crippen molar-refractivity contribution in [3.8, 4) is 0 Å². The van der Waals surface area contributed by atoms with Crippen LogP contribution in [0.5, 0.6) is 0 Å². The van der Waals surface area contributed by atoms with Gasteiger partial charge in [0.05, 0.1) is 0 Å². The first kappa shape index (κ1) is 20.5. The summed E-state index contributed by atoms with van der Waals surface area (Å²) in [5, 5.41) is 4.47. The van der Waals surface area contributed by atoms with E-state index in [-0.39, 0.29) is 0 Å². The topological polar surface area (TPSA) is 0 Å². The Morgan fingerprint density at radius 2 is 0.931 bits per heavy atom. The predicted octanol–water partition coefficient (Wildman–Crippen LogP) is 7.18. The van der Waals surface area contributed by atoms with Gasteiger partial charge in [-0.1, -0.05) is 0 Å². The fourth-order valence-corrected chi connectivity index (χ4v) is 10.4. The van der Waals surface area contributed by atoms with Gasteiger partial charge >= 0.3 is 187 Å². The van der Waals surface area contributed by atoms with E-state index in [9.17, 15) is 0 Å². The van der Waals surface area contributed by atoms with Gasteiger partial charge < -0.3 is 0 Å². The second-order valence-corrected chi connectivity index (χ2v) is 14.4. The number of hydrogen-bond acceptors (Lipinski definition) is 0. The second-order valence-electron chi connectivity index (χ2n) is 7.10. The van der Waals surface area contributed by atoms with Crippen LogP contribution in [0.4, 0.5) is 0 Å². The molecule has 0 fully saturated rings. The SMILES string of the molecule is Clc1ccc(CP(Cl)(c2ccccc2)(c2ccccc2)c2ccccc2)cc1Cl. The van der Waals surface area contributed by atoms with Crippen LogP contribution in [-0.4, -0.2) is 0 Å². The zero-order valence-electron chi connectivity index (χ0n) is 15.7. The normalized spacial score (nSPS) is 12.9. The Hall–Kier alpha value is -1.82. The molecule has 4 aromatic carbocycles. The van der Waals surface area contributed by atoms with E-state index in [2.05, 4.69) is 72.8 Å². The van der Waals surface area contributed by atoms with Crippen molar-refractivity contribution in [3.05, 3.63) is 125 Å². The molecular formula is C25H20Cl3P. The molecular weight excluding hydrogens is 438 g/mol. The fraction of sp³-hybridized carbons (Fsp3) is 0.0400. The summed E-state index contributed by atoms with van der Waals surface area (Å²) in [6.45, 7) is 0. The first-order valence-corrected chi connectivity index (χ1v) is 13.4. The minimum absolute atomic E-state index is 0.542. The van der Waals surface area contributed by atoms with Crippen LogP contribution in [0.3, 0.4) is 0 Å². The van der Waals surface area contributed by atoms with Crippen LogP contribution >= 0.6 is 40.4 Å². The number of halogens is 3. The van der Waals surface area contributed by atoms with Gasteiger partial charge in [0.15, 0.2) is 0 Å². The van der Waals surface area contributed by atoms with Gasteiger partial charge in [-0.25, -0.2) is 0 Å². The second kappa shape index (κ2) is 8.13. The van der Waals surface area contributed by atoms with E-state index in [0.29, 0.717) is 16.2 Å². The Bertz CT molecular complexity index is 1010. The quantitative estimate of drug-likeness (QED) is 0.278. The average Bonchev–Trinajstić information content (AvgIpc) is 2.78. The molecule has 0 bridgehead atoms. The standard InChI is InChI=1S/C25H20Cl3P/c26-24-17-16-20(18-25(24)27)19-29(28,21-10-4-1-5-11-21,22-12-6-2-7-13-22)23-14-8-3-9-15-23/h1-18H,19H2. The molecule has 146 valence electrons. The van der Waals surface area contributed by atoms with E-state index >= 15 is 0 Å². The third kappa shape index (κ3) is 3.60. The number of hydrogen-bond donors (Lipinski definition) is 0. The van der Waals surface area contributed by atoms with Gasteiger partial charge in [-0.15, -0.1) is 0 Å². The van der Waals surface area contributed by atoms with Crippen molar-refractivity contribution < 1.29 is 0 Å². The molecule has 0 unspecified atom stereocenters. The Morgan fingerprint density at radius 1 is 0.517 bits per heavy atom. The molecule has 0 aliphatic carbocycles. The van der Waals surface area contributed by atoms with Gasteiger partial charge in [-0.05, 0) is 0 Å². The fourth-order valence-electron chi connectivity index (χ4n) is 3.92. The molecule has 0 aliphatic rings. The van der Waals surface area contributed by atoms with Gasteiger partial charge in [0.2, 0.25) is 0 Å². The van der Waals surface area contributed by atoms with Crippen molar-refractivity contribution in [2.75, 3.05) is 0 Å². The molecule has 0 spiro atoms. The summed E-state index contributed by atoms with van der Waals surface area (Å²) in [6.07, 6.45) is 0.641. The molecule has 0 aliphatic heterocycles. The van der Waals surface area contributed by atoms with E-state index in [4.69, 9.17) is 34.4 Å². The van der Waals surface area contributed by atoms with Crippen molar-refractivity contribution in [1.29, 1.82) is 0 Å². The van der Waals surface area contributed by atoms with Gasteiger partial charge in [-0.2, -0.15) is 0 Å². The number of benzene rings is 4. The molecule has 29 heavy (non-hydrogen) atoms. The Labute approximate surface area is 186 Å². The maximum atomic E-state index is 8.06. The first-order chi connectivity index (χ1) is 14.0. The zero-order chi connectivity index (χ0) is 20.3. The molecule has 4 rings (SSSR count). The molecule has 0 saturated carbocycles. The van der Waals surface area contributed by atoms with E-state index in [1.165, 1.54) is 0 Å². The van der Waals surface area contributed by atoms with E-state index in [0.717, 1.165) is 21.5 Å². The molecule has 0 saturated heterocycles. The molecule has 0 amide bonds. The van der Waals surface area contributed by atoms with Gasteiger partial charge in [-0.3, -0.25) is 0 Å². The summed E-state index contributed by atoms with van der Waals surface area (Å²) < 4.78 is 0. The van der Waals surface area contributed by atoms with Gasteiger partial charge in [0, 0.05) is 0 Å². The Balaban J connectivity index is 2.08. The summed E-state index contributed by atoms with van der Waals surface area (Å²) in [6, 6.07) is 37.1. The monoisotopic (exact) mass is 456 g/mol. The predicted molar refractivity (Wildman–Crippen MR) is 131 cm³/mol. The van der Waals surface area contributed by atoms with E-state index in [1.807, 2.05) is 36.4 Å². The summed E-state index contributed by atoms with van der Waals surface area (Å²) in [4.78, 5) is 0. The third-order valence-corrected chi connectivity index (χ3v) is 13.3. The number of rotatable bonds is 5. The van der Waals surface area contributed by atoms with Crippen LogP contribution < -0.4 is 15.9 Å². The molecule has 4 aromatic rings. The minimum atomic E-state index is -3.35. The van der Waals surface area contributed by atoms with Crippen molar-refractivity contribution in [1.82, 2.24) is 0 Å². The van der Waals surface area contributed by atoms with Crippen molar-refractivity contribution in [2.45, 2.75) is 6.16 Å². The molecule has 0 aromatic heterocycles. The maximum absolute atomic E-state index is 8.06. The van der Waals surface area contributed by atoms with E-state index < -0.39 is 5.96 Å². The van der Waals surface area contributed by atoms with Crippen LogP contribution in [0.1, 0.15) is 5.56 Å². The molecule has 0 atom stereocenters. The van der Waals surface area contributed by atoms with Crippen LogP contribution in [0.25, 0.3) is 0 Å². The van der Waals surface area contributed by atoms with Crippen LogP contribution in [0.15, 0.2) is 109 Å². The first-order valence-electron chi connectivity index (χ1n) is 9.36. The van der Waals surface area contributed by atoms with Crippen molar-refractivity contribution >= 4 is 56.3 Å². The molecule has 0 radical (unpaired) electrons. The summed E-state index contributed by atoms with van der Waals surface area (Å²) >= 11 is 20.6. The molecule has 4 heteroatoms. The summed E-state index contributed by atoms with van der Waals surface area (Å²) in [5.74, 6) is -3.35. The van der Waals surface area contributed by atoms with Gasteiger partial charge in [0.25, 0.3) is 0 Å². The Morgan fingerprint density at radius 3 is 1.31 bits per heavy atom. The molecule has 0 N–H and O–H groups in total. The van der Waals surface area contributed by atoms with E-state index in [1.54, 1.807) is 0 Å². The van der Waals surface area contributed by atoms with Crippen molar-refractivity contribution in [2.24, 2.45) is 0 Å². The molecule has 0 nitrogen and oxygen atoms in total. The molecule has 0 heterocycles. The Kier molecular flexibility index (Phi) is 5.74. The van der Waals surface area contributed by atoms with Gasteiger partial charge in [0.1, 0.15) is 0 Å². The van der Waals surface area contributed by atoms with Crippen LogP contribution in [-0.2, 0) is 6.16 Å². The average molecular weight is 458 g/mol. The van der Waals surface area contributed by atoms with Crippen LogP contribution in [0, 0.1) is 0 Å². The van der Waals surface area contributed by atoms with Crippen molar-refractivity contribution in [3.63, 3.8) is 0 Å².